The van der Waals surface area contributed by atoms with E-state index in [0.29, 0.717) is 29.2 Å². The number of amides is 2. The van der Waals surface area contributed by atoms with E-state index in [1.165, 1.54) is 6.07 Å². The third-order valence-electron chi connectivity index (χ3n) is 5.24. The first-order chi connectivity index (χ1) is 15.6. The Kier molecular flexibility index (Phi) is 6.39. The van der Waals surface area contributed by atoms with Crippen LogP contribution in [0.3, 0.4) is 0 Å². The van der Waals surface area contributed by atoms with Gasteiger partial charge in [0.2, 0.25) is 5.91 Å². The second-order valence-corrected chi connectivity index (χ2v) is 7.64. The molecule has 1 aliphatic carbocycles. The van der Waals surface area contributed by atoms with Gasteiger partial charge in [0.1, 0.15) is 17.5 Å². The van der Waals surface area contributed by atoms with Crippen LogP contribution in [0.15, 0.2) is 59.1 Å². The first-order valence-electron chi connectivity index (χ1n) is 10.4. The molecule has 0 spiro atoms. The van der Waals surface area contributed by atoms with Crippen LogP contribution in [-0.2, 0) is 11.2 Å². The second-order valence-electron chi connectivity index (χ2n) is 7.64. The summed E-state index contributed by atoms with van der Waals surface area (Å²) in [5.41, 5.74) is 1.62. The van der Waals surface area contributed by atoms with E-state index in [9.17, 15) is 9.59 Å². The Balaban J connectivity index is 1.52. The third-order valence-corrected chi connectivity index (χ3v) is 5.24. The van der Waals surface area contributed by atoms with Crippen molar-refractivity contribution >= 4 is 11.8 Å². The van der Waals surface area contributed by atoms with Gasteiger partial charge in [-0.1, -0.05) is 35.5 Å². The molecule has 8 nitrogen and oxygen atoms in total. The Labute approximate surface area is 185 Å². The summed E-state index contributed by atoms with van der Waals surface area (Å²) in [6, 6.07) is 15.8. The monoisotopic (exact) mass is 435 g/mol. The van der Waals surface area contributed by atoms with Crippen molar-refractivity contribution in [3.63, 3.8) is 0 Å². The molecule has 32 heavy (non-hydrogen) atoms. The number of hydrogen-bond acceptors (Lipinski definition) is 6. The van der Waals surface area contributed by atoms with Crippen molar-refractivity contribution < 1.29 is 23.6 Å². The predicted octanol–water partition coefficient (Wildman–Crippen LogP) is 2.98. The number of ether oxygens (including phenoxy) is 2. The highest BCUT2D eigenvalue weighted by Gasteiger charge is 2.29. The molecule has 1 heterocycles. The summed E-state index contributed by atoms with van der Waals surface area (Å²) in [6.07, 6.45) is 2.30. The molecular formula is C24H25N3O5. The Morgan fingerprint density at radius 3 is 2.56 bits per heavy atom. The van der Waals surface area contributed by atoms with Crippen molar-refractivity contribution in [1.82, 2.24) is 15.8 Å². The van der Waals surface area contributed by atoms with Gasteiger partial charge in [-0.3, -0.25) is 9.59 Å². The topological polar surface area (TPSA) is 103 Å². The average Bonchev–Trinajstić information content (AvgIpc) is 3.49. The number of nitrogens with one attached hydrogen (secondary N) is 2. The minimum atomic E-state index is -0.725. The Morgan fingerprint density at radius 2 is 1.88 bits per heavy atom. The van der Waals surface area contributed by atoms with Gasteiger partial charge in [0.05, 0.1) is 19.8 Å². The molecule has 1 saturated carbocycles. The zero-order valence-electron chi connectivity index (χ0n) is 18.0. The van der Waals surface area contributed by atoms with Gasteiger partial charge in [-0.15, -0.1) is 0 Å². The first-order valence-corrected chi connectivity index (χ1v) is 10.4. The molecule has 1 atom stereocenters. The summed E-state index contributed by atoms with van der Waals surface area (Å²) in [7, 11) is 3.10. The van der Waals surface area contributed by atoms with Crippen molar-refractivity contribution in [2.75, 3.05) is 14.2 Å². The molecule has 2 aromatic carbocycles. The van der Waals surface area contributed by atoms with Gasteiger partial charge >= 0.3 is 0 Å². The van der Waals surface area contributed by atoms with Crippen LogP contribution in [0.5, 0.6) is 11.5 Å². The Hall–Kier alpha value is -3.81. The van der Waals surface area contributed by atoms with Gasteiger partial charge in [0.15, 0.2) is 11.5 Å². The smallest absolute Gasteiger partial charge is 0.274 e. The van der Waals surface area contributed by atoms with Crippen LogP contribution in [0.2, 0.25) is 0 Å². The van der Waals surface area contributed by atoms with E-state index >= 15 is 0 Å². The summed E-state index contributed by atoms with van der Waals surface area (Å²) in [5.74, 6) is 0.826. The van der Waals surface area contributed by atoms with Gasteiger partial charge in [0, 0.05) is 18.5 Å². The molecule has 1 fully saturated rings. The number of benzene rings is 2. The lowest BCUT2D eigenvalue weighted by Gasteiger charge is -2.18. The zero-order valence-corrected chi connectivity index (χ0v) is 18.0. The van der Waals surface area contributed by atoms with Crippen molar-refractivity contribution in [3.05, 3.63) is 65.9 Å². The predicted molar refractivity (Wildman–Crippen MR) is 118 cm³/mol. The fraction of sp³-hybridized carbons (Fsp3) is 0.292. The van der Waals surface area contributed by atoms with E-state index in [4.69, 9.17) is 14.0 Å². The van der Waals surface area contributed by atoms with E-state index in [-0.39, 0.29) is 17.6 Å². The van der Waals surface area contributed by atoms with E-state index in [0.717, 1.165) is 18.4 Å². The Morgan fingerprint density at radius 1 is 1.09 bits per heavy atom. The molecule has 0 radical (unpaired) electrons. The van der Waals surface area contributed by atoms with Gasteiger partial charge in [0.25, 0.3) is 5.91 Å². The number of hydrogen-bond donors (Lipinski definition) is 2. The van der Waals surface area contributed by atoms with E-state index in [1.54, 1.807) is 32.4 Å². The molecule has 1 aliphatic rings. The number of rotatable bonds is 9. The van der Waals surface area contributed by atoms with Crippen molar-refractivity contribution in [2.45, 2.75) is 31.3 Å². The molecule has 4 rings (SSSR count). The minimum absolute atomic E-state index is 0.0714. The lowest BCUT2D eigenvalue weighted by Crippen LogP contribution is -2.48. The third kappa shape index (κ3) is 5.08. The molecular weight excluding hydrogens is 410 g/mol. The normalized spacial score (nSPS) is 13.8. The highest BCUT2D eigenvalue weighted by molar-refractivity contribution is 5.97. The summed E-state index contributed by atoms with van der Waals surface area (Å²) < 4.78 is 16.0. The quantitative estimate of drug-likeness (QED) is 0.536. The van der Waals surface area contributed by atoms with Crippen LogP contribution in [-0.4, -0.2) is 43.3 Å². The maximum Gasteiger partial charge on any atom is 0.274 e. The van der Waals surface area contributed by atoms with Gasteiger partial charge < -0.3 is 24.6 Å². The molecule has 0 aliphatic heterocycles. The van der Waals surface area contributed by atoms with E-state index < -0.39 is 11.9 Å². The molecule has 1 unspecified atom stereocenters. The van der Waals surface area contributed by atoms with Crippen molar-refractivity contribution in [2.24, 2.45) is 0 Å². The highest BCUT2D eigenvalue weighted by Crippen LogP contribution is 2.33. The molecule has 2 amide bonds. The summed E-state index contributed by atoms with van der Waals surface area (Å²) in [6.45, 7) is 0. The average molecular weight is 435 g/mol. The molecule has 166 valence electrons. The number of carbonyl (C=O) groups is 2. The molecule has 0 bridgehead atoms. The standard InChI is InChI=1S/C24H25N3O5/c1-30-17-10-11-21(31-2)18(13-17)22-14-20(27-32-22)24(29)26-19(23(28)25-16-8-9-16)12-15-6-4-3-5-7-15/h3-7,10-11,13-14,16,19H,8-9,12H2,1-2H3,(H,25,28)(H,26,29). The van der Waals surface area contributed by atoms with Crippen molar-refractivity contribution in [3.8, 4) is 22.8 Å². The van der Waals surface area contributed by atoms with Crippen LogP contribution in [0.4, 0.5) is 0 Å². The maximum absolute atomic E-state index is 12.9. The maximum atomic E-state index is 12.9. The summed E-state index contributed by atoms with van der Waals surface area (Å²) in [5, 5.41) is 9.66. The largest absolute Gasteiger partial charge is 0.497 e. The number of aromatic nitrogens is 1. The number of methoxy groups -OCH3 is 2. The number of nitrogens with zero attached hydrogens (tertiary/aromatic N) is 1. The zero-order chi connectivity index (χ0) is 22.5. The van der Waals surface area contributed by atoms with Crippen LogP contribution < -0.4 is 20.1 Å². The summed E-state index contributed by atoms with van der Waals surface area (Å²) in [4.78, 5) is 25.6. The van der Waals surface area contributed by atoms with Crippen LogP contribution in [0, 0.1) is 0 Å². The molecule has 8 heteroatoms. The van der Waals surface area contributed by atoms with Gasteiger partial charge in [-0.2, -0.15) is 0 Å². The highest BCUT2D eigenvalue weighted by atomic mass is 16.5. The van der Waals surface area contributed by atoms with Crippen LogP contribution in [0.25, 0.3) is 11.3 Å². The first kappa shape index (κ1) is 21.4. The van der Waals surface area contributed by atoms with Crippen LogP contribution in [0.1, 0.15) is 28.9 Å². The lowest BCUT2D eigenvalue weighted by molar-refractivity contribution is -0.123. The fourth-order valence-corrected chi connectivity index (χ4v) is 3.34. The molecule has 2 N–H and O–H groups in total. The fourth-order valence-electron chi connectivity index (χ4n) is 3.34. The Bertz CT molecular complexity index is 1090. The SMILES string of the molecule is COc1ccc(OC)c(-c2cc(C(=O)NC(Cc3ccccc3)C(=O)NC3CC3)no2)c1. The molecule has 1 aromatic heterocycles. The lowest BCUT2D eigenvalue weighted by atomic mass is 10.0. The minimum Gasteiger partial charge on any atom is -0.497 e. The molecule has 0 saturated heterocycles. The number of carbonyl (C=O) groups excluding carboxylic acids is 2. The molecule has 3 aromatic rings. The van der Waals surface area contributed by atoms with Crippen LogP contribution >= 0.6 is 0 Å². The van der Waals surface area contributed by atoms with Gasteiger partial charge in [-0.25, -0.2) is 0 Å². The second kappa shape index (κ2) is 9.55. The van der Waals surface area contributed by atoms with E-state index in [2.05, 4.69) is 15.8 Å². The van der Waals surface area contributed by atoms with Gasteiger partial charge in [-0.05, 0) is 36.6 Å². The summed E-state index contributed by atoms with van der Waals surface area (Å²) >= 11 is 0. The van der Waals surface area contributed by atoms with E-state index in [1.807, 2.05) is 30.3 Å². The van der Waals surface area contributed by atoms with Crippen molar-refractivity contribution in [1.29, 1.82) is 0 Å².